The largest absolute Gasteiger partial charge is 0.494 e. The fourth-order valence-electron chi connectivity index (χ4n) is 1.08. The van der Waals surface area contributed by atoms with E-state index in [1.54, 1.807) is 0 Å². The maximum atomic E-state index is 5.57. The zero-order chi connectivity index (χ0) is 10.4. The first-order valence-corrected chi connectivity index (χ1v) is 5.08. The van der Waals surface area contributed by atoms with Gasteiger partial charge in [-0.15, -0.1) is 0 Å². The molecule has 0 saturated heterocycles. The van der Waals surface area contributed by atoms with E-state index in [9.17, 15) is 0 Å². The second kappa shape index (κ2) is 5.53. The van der Waals surface area contributed by atoms with E-state index in [4.69, 9.17) is 9.47 Å². The molecule has 1 aromatic carbocycles. The van der Waals surface area contributed by atoms with Crippen molar-refractivity contribution < 1.29 is 9.47 Å². The molecule has 0 fully saturated rings. The minimum atomic E-state index is 0.547. The molecule has 0 amide bonds. The normalized spacial score (nSPS) is 10.3. The Hall–Kier alpha value is -1.18. The molecule has 0 atom stereocenters. The molecule has 0 saturated carbocycles. The maximum Gasteiger partial charge on any atom is 0.122 e. The highest BCUT2D eigenvalue weighted by atomic mass is 16.5. The molecule has 0 heterocycles. The zero-order valence-corrected chi connectivity index (χ0v) is 9.12. The van der Waals surface area contributed by atoms with Crippen LogP contribution in [-0.2, 0) is 0 Å². The summed E-state index contributed by atoms with van der Waals surface area (Å²) in [6.07, 6.45) is 0. The first kappa shape index (κ1) is 10.9. The molecule has 1 rings (SSSR count). The summed E-state index contributed by atoms with van der Waals surface area (Å²) in [4.78, 5) is 0. The molecule has 2 heteroatoms. The molecule has 78 valence electrons. The summed E-state index contributed by atoms with van der Waals surface area (Å²) in [5.74, 6) is 2.30. The van der Waals surface area contributed by atoms with Gasteiger partial charge in [-0.25, -0.2) is 0 Å². The van der Waals surface area contributed by atoms with Crippen molar-refractivity contribution in [2.75, 3.05) is 13.2 Å². The molecule has 14 heavy (non-hydrogen) atoms. The quantitative estimate of drug-likeness (QED) is 0.717. The van der Waals surface area contributed by atoms with Crippen molar-refractivity contribution in [2.24, 2.45) is 5.92 Å². The Labute approximate surface area is 85.8 Å². The van der Waals surface area contributed by atoms with Gasteiger partial charge in [0.15, 0.2) is 0 Å². The van der Waals surface area contributed by atoms with Crippen LogP contribution in [0.3, 0.4) is 0 Å². The van der Waals surface area contributed by atoms with Crippen LogP contribution in [0.15, 0.2) is 24.3 Å². The van der Waals surface area contributed by atoms with Gasteiger partial charge < -0.3 is 9.47 Å². The maximum absolute atomic E-state index is 5.57. The van der Waals surface area contributed by atoms with Gasteiger partial charge in [-0.2, -0.15) is 0 Å². The van der Waals surface area contributed by atoms with Crippen LogP contribution in [0, 0.1) is 5.92 Å². The van der Waals surface area contributed by atoms with Gasteiger partial charge in [-0.1, -0.05) is 19.9 Å². The third-order valence-electron chi connectivity index (χ3n) is 1.70. The number of rotatable bonds is 5. The van der Waals surface area contributed by atoms with Gasteiger partial charge in [0.05, 0.1) is 13.2 Å². The minimum Gasteiger partial charge on any atom is -0.494 e. The van der Waals surface area contributed by atoms with Gasteiger partial charge in [-0.05, 0) is 25.0 Å². The van der Waals surface area contributed by atoms with Crippen molar-refractivity contribution in [3.05, 3.63) is 24.3 Å². The molecular weight excluding hydrogens is 176 g/mol. The van der Waals surface area contributed by atoms with E-state index in [-0.39, 0.29) is 0 Å². The smallest absolute Gasteiger partial charge is 0.122 e. The predicted octanol–water partition coefficient (Wildman–Crippen LogP) is 3.12. The summed E-state index contributed by atoms with van der Waals surface area (Å²) in [5, 5.41) is 0. The molecule has 0 aliphatic rings. The van der Waals surface area contributed by atoms with E-state index in [0.717, 1.165) is 18.1 Å². The molecule has 0 aliphatic heterocycles. The van der Waals surface area contributed by atoms with Crippen molar-refractivity contribution in [1.29, 1.82) is 0 Å². The standard InChI is InChI=1S/C12H18O2/c1-4-13-11-6-5-7-12(8-11)14-9-10(2)3/h5-8,10H,4,9H2,1-3H3. The third kappa shape index (κ3) is 3.69. The Morgan fingerprint density at radius 2 is 1.79 bits per heavy atom. The van der Waals surface area contributed by atoms with Crippen LogP contribution in [0.25, 0.3) is 0 Å². The summed E-state index contributed by atoms with van der Waals surface area (Å²) in [6, 6.07) is 7.75. The lowest BCUT2D eigenvalue weighted by molar-refractivity contribution is 0.268. The number of hydrogen-bond donors (Lipinski definition) is 0. The summed E-state index contributed by atoms with van der Waals surface area (Å²) < 4.78 is 10.9. The first-order valence-electron chi connectivity index (χ1n) is 5.08. The van der Waals surface area contributed by atoms with Gasteiger partial charge >= 0.3 is 0 Å². The Morgan fingerprint density at radius 3 is 2.36 bits per heavy atom. The molecule has 0 spiro atoms. The predicted molar refractivity (Wildman–Crippen MR) is 57.9 cm³/mol. The molecule has 1 aromatic rings. The highest BCUT2D eigenvalue weighted by Gasteiger charge is 1.98. The molecule has 0 radical (unpaired) electrons. The van der Waals surface area contributed by atoms with Crippen LogP contribution >= 0.6 is 0 Å². The van der Waals surface area contributed by atoms with E-state index in [2.05, 4.69) is 13.8 Å². The van der Waals surface area contributed by atoms with Gasteiger partial charge in [0.2, 0.25) is 0 Å². The lowest BCUT2D eigenvalue weighted by Gasteiger charge is -2.09. The van der Waals surface area contributed by atoms with E-state index in [0.29, 0.717) is 12.5 Å². The SMILES string of the molecule is CCOc1cccc(OCC(C)C)c1. The monoisotopic (exact) mass is 194 g/mol. The van der Waals surface area contributed by atoms with Crippen molar-refractivity contribution in [2.45, 2.75) is 20.8 Å². The Kier molecular flexibility index (Phi) is 4.30. The van der Waals surface area contributed by atoms with Crippen LogP contribution in [0.4, 0.5) is 0 Å². The Balaban J connectivity index is 2.54. The molecule has 2 nitrogen and oxygen atoms in total. The molecular formula is C12H18O2. The molecule has 0 unspecified atom stereocenters. The highest BCUT2D eigenvalue weighted by Crippen LogP contribution is 2.19. The van der Waals surface area contributed by atoms with E-state index < -0.39 is 0 Å². The summed E-state index contributed by atoms with van der Waals surface area (Å²) in [6.45, 7) is 7.67. The molecule has 0 N–H and O–H groups in total. The topological polar surface area (TPSA) is 18.5 Å². The summed E-state index contributed by atoms with van der Waals surface area (Å²) >= 11 is 0. The van der Waals surface area contributed by atoms with Crippen LogP contribution in [-0.4, -0.2) is 13.2 Å². The summed E-state index contributed by atoms with van der Waals surface area (Å²) in [7, 11) is 0. The van der Waals surface area contributed by atoms with Crippen molar-refractivity contribution in [3.63, 3.8) is 0 Å². The van der Waals surface area contributed by atoms with Crippen LogP contribution in [0.5, 0.6) is 11.5 Å². The van der Waals surface area contributed by atoms with Gasteiger partial charge in [0.1, 0.15) is 11.5 Å². The van der Waals surface area contributed by atoms with E-state index in [1.165, 1.54) is 0 Å². The van der Waals surface area contributed by atoms with E-state index in [1.807, 2.05) is 31.2 Å². The molecule has 0 aliphatic carbocycles. The third-order valence-corrected chi connectivity index (χ3v) is 1.70. The van der Waals surface area contributed by atoms with Crippen molar-refractivity contribution in [3.8, 4) is 11.5 Å². The highest BCUT2D eigenvalue weighted by molar-refractivity contribution is 5.32. The Morgan fingerprint density at radius 1 is 1.14 bits per heavy atom. The average Bonchev–Trinajstić information content (AvgIpc) is 2.16. The second-order valence-electron chi connectivity index (χ2n) is 3.61. The lowest BCUT2D eigenvalue weighted by Crippen LogP contribution is -2.04. The Bertz CT molecular complexity index is 269. The van der Waals surface area contributed by atoms with Crippen molar-refractivity contribution in [1.82, 2.24) is 0 Å². The second-order valence-corrected chi connectivity index (χ2v) is 3.61. The van der Waals surface area contributed by atoms with Crippen LogP contribution < -0.4 is 9.47 Å². The van der Waals surface area contributed by atoms with Crippen molar-refractivity contribution >= 4 is 0 Å². The van der Waals surface area contributed by atoms with Gasteiger partial charge in [0, 0.05) is 6.07 Å². The first-order chi connectivity index (χ1) is 6.72. The number of hydrogen-bond acceptors (Lipinski definition) is 2. The fourth-order valence-corrected chi connectivity index (χ4v) is 1.08. The zero-order valence-electron chi connectivity index (χ0n) is 9.12. The summed E-state index contributed by atoms with van der Waals surface area (Å²) in [5.41, 5.74) is 0. The van der Waals surface area contributed by atoms with Gasteiger partial charge in [0.25, 0.3) is 0 Å². The molecule has 0 aromatic heterocycles. The van der Waals surface area contributed by atoms with Gasteiger partial charge in [-0.3, -0.25) is 0 Å². The number of benzene rings is 1. The van der Waals surface area contributed by atoms with Crippen LogP contribution in [0.1, 0.15) is 20.8 Å². The lowest BCUT2D eigenvalue weighted by atomic mass is 10.2. The minimum absolute atomic E-state index is 0.547. The fraction of sp³-hybridized carbons (Fsp3) is 0.500. The molecule has 0 bridgehead atoms. The van der Waals surface area contributed by atoms with E-state index >= 15 is 0 Å². The average molecular weight is 194 g/mol. The van der Waals surface area contributed by atoms with Crippen LogP contribution in [0.2, 0.25) is 0 Å². The number of ether oxygens (including phenoxy) is 2.